The van der Waals surface area contributed by atoms with Crippen molar-refractivity contribution in [3.8, 4) is 0 Å². The molecule has 0 aliphatic heterocycles. The van der Waals surface area contributed by atoms with Gasteiger partial charge in [0.25, 0.3) is 0 Å². The molecule has 0 unspecified atom stereocenters. The number of esters is 1. The number of nitrogens with zero attached hydrogens (tertiary/aromatic N) is 1. The summed E-state index contributed by atoms with van der Waals surface area (Å²) >= 11 is 0. The predicted molar refractivity (Wildman–Crippen MR) is 279 cm³/mol. The first-order valence-corrected chi connectivity index (χ1v) is 25.8. The second kappa shape index (κ2) is 24.4. The standard InChI is InChI=1S/C57H68N8O9/c1-36-15-9-11-21-44(36)63-55(71)59-24-14-13-23-46(52(68)62-48(30-50(66)73-35-38-18-7-4-8-19-38)54(70)65(2)49(51(58)67)28-37-16-5-3-6-17-37)61-53(69)47(29-42-34-60-45-22-12-10-20-43(42)45)64-56(72)74-57-31-39-25-40(32-57)27-41(26-39)33-57/h3-12,15-22,34,39-41,46-49,60H,13-14,23-33,35H2,1-2H3,(H2,58,67)(H,61,69)(H,62,68)(H,64,72)(H2,59,63,71)/t39?,40?,41?,46-,47-,48-,49-,57?/m0/s1. The first-order valence-electron chi connectivity index (χ1n) is 25.8. The number of aryl methyl sites for hydroxylation is 1. The van der Waals surface area contributed by atoms with Gasteiger partial charge in [0.1, 0.15) is 36.4 Å². The summed E-state index contributed by atoms with van der Waals surface area (Å²) in [5.41, 5.74) is 9.83. The third-order valence-corrected chi connectivity index (χ3v) is 14.9. The largest absolute Gasteiger partial charge is 0.461 e. The fourth-order valence-corrected chi connectivity index (χ4v) is 11.5. The number of alkyl carbamates (subject to hydrolysis) is 1. The predicted octanol–water partition coefficient (Wildman–Crippen LogP) is 6.73. The summed E-state index contributed by atoms with van der Waals surface area (Å²) in [5, 5.41) is 15.0. The number of fused-ring (bicyclic) bond motifs is 1. The highest BCUT2D eigenvalue weighted by Gasteiger charge is 2.53. The van der Waals surface area contributed by atoms with Crippen LogP contribution in [0, 0.1) is 24.7 Å². The molecule has 4 bridgehead atoms. The molecule has 4 aliphatic carbocycles. The number of likely N-dealkylation sites (N-methyl/N-ethyl adjacent to an activating group) is 1. The third-order valence-electron chi connectivity index (χ3n) is 14.9. The number of anilines is 1. The highest BCUT2D eigenvalue weighted by Crippen LogP contribution is 2.57. The van der Waals surface area contributed by atoms with E-state index in [4.69, 9.17) is 15.2 Å². The van der Waals surface area contributed by atoms with Gasteiger partial charge in [-0.25, -0.2) is 9.59 Å². The maximum Gasteiger partial charge on any atom is 0.408 e. The van der Waals surface area contributed by atoms with Gasteiger partial charge in [-0.15, -0.1) is 0 Å². The number of hydrogen-bond donors (Lipinski definition) is 7. The van der Waals surface area contributed by atoms with E-state index in [0.717, 1.165) is 71.0 Å². The number of benzene rings is 4. The number of rotatable bonds is 23. The van der Waals surface area contributed by atoms with Crippen LogP contribution in [0.15, 0.2) is 115 Å². The van der Waals surface area contributed by atoms with E-state index in [1.807, 2.05) is 61.5 Å². The maximum absolute atomic E-state index is 14.8. The summed E-state index contributed by atoms with van der Waals surface area (Å²) in [5.74, 6) is -2.40. The van der Waals surface area contributed by atoms with Crippen LogP contribution in [0.25, 0.3) is 10.9 Å². The van der Waals surface area contributed by atoms with Gasteiger partial charge in [-0.3, -0.25) is 24.0 Å². The number of hydrogen-bond acceptors (Lipinski definition) is 9. The molecule has 8 N–H and O–H groups in total. The zero-order chi connectivity index (χ0) is 52.2. The maximum atomic E-state index is 14.8. The van der Waals surface area contributed by atoms with E-state index >= 15 is 0 Å². The highest BCUT2D eigenvalue weighted by molar-refractivity contribution is 5.97. The monoisotopic (exact) mass is 1010 g/mol. The second-order valence-electron chi connectivity index (χ2n) is 20.5. The lowest BCUT2D eigenvalue weighted by atomic mass is 9.54. The van der Waals surface area contributed by atoms with Crippen LogP contribution in [-0.4, -0.2) is 95.0 Å². The van der Waals surface area contributed by atoms with Crippen molar-refractivity contribution in [3.05, 3.63) is 138 Å². The minimum Gasteiger partial charge on any atom is -0.461 e. The van der Waals surface area contributed by atoms with Gasteiger partial charge in [0.15, 0.2) is 0 Å². The van der Waals surface area contributed by atoms with Crippen LogP contribution in [0.3, 0.4) is 0 Å². The number of nitrogens with two attached hydrogens (primary N) is 1. The van der Waals surface area contributed by atoms with E-state index in [1.165, 1.54) is 7.05 Å². The number of H-pyrrole nitrogens is 1. The number of nitrogens with one attached hydrogen (secondary N) is 6. The average Bonchev–Trinajstić information content (AvgIpc) is 3.79. The van der Waals surface area contributed by atoms with Gasteiger partial charge in [0.2, 0.25) is 23.6 Å². The number of carbonyl (C=O) groups is 7. The molecule has 1 heterocycles. The van der Waals surface area contributed by atoms with E-state index in [2.05, 4.69) is 31.6 Å². The zero-order valence-corrected chi connectivity index (χ0v) is 42.1. The molecule has 0 radical (unpaired) electrons. The summed E-state index contributed by atoms with van der Waals surface area (Å²) in [4.78, 5) is 102. The molecule has 4 saturated carbocycles. The summed E-state index contributed by atoms with van der Waals surface area (Å²) in [6.45, 7) is 2.00. The number of primary amides is 1. The zero-order valence-electron chi connectivity index (χ0n) is 42.1. The summed E-state index contributed by atoms with van der Waals surface area (Å²) < 4.78 is 11.9. The molecule has 4 atom stereocenters. The number of para-hydroxylation sites is 2. The van der Waals surface area contributed by atoms with Gasteiger partial charge in [-0.1, -0.05) is 97.1 Å². The Morgan fingerprint density at radius 2 is 1.32 bits per heavy atom. The number of aromatic amines is 1. The first-order chi connectivity index (χ1) is 35.7. The molecule has 0 saturated heterocycles. The van der Waals surface area contributed by atoms with Crippen LogP contribution in [0.5, 0.6) is 0 Å². The van der Waals surface area contributed by atoms with Crippen molar-refractivity contribution in [3.63, 3.8) is 0 Å². The third kappa shape index (κ3) is 13.9. The van der Waals surface area contributed by atoms with Crippen LogP contribution in [-0.2, 0) is 52.9 Å². The van der Waals surface area contributed by atoms with Crippen LogP contribution >= 0.6 is 0 Å². The Bertz CT molecular complexity index is 2750. The topological polar surface area (TPSA) is 243 Å². The Morgan fingerprint density at radius 3 is 2.00 bits per heavy atom. The van der Waals surface area contributed by atoms with E-state index in [0.29, 0.717) is 41.8 Å². The Labute approximate surface area is 431 Å². The first kappa shape index (κ1) is 52.6. The van der Waals surface area contributed by atoms with Crippen molar-refractivity contribution >= 4 is 58.3 Å². The van der Waals surface area contributed by atoms with Crippen molar-refractivity contribution in [2.24, 2.45) is 23.5 Å². The minimum absolute atomic E-state index is 0.0172. The van der Waals surface area contributed by atoms with Crippen LogP contribution in [0.1, 0.15) is 86.5 Å². The lowest BCUT2D eigenvalue weighted by Crippen LogP contribution is -2.59. The molecule has 17 nitrogen and oxygen atoms in total. The van der Waals surface area contributed by atoms with E-state index in [-0.39, 0.29) is 32.4 Å². The molecule has 4 aliphatic rings. The molecule has 74 heavy (non-hydrogen) atoms. The van der Waals surface area contributed by atoms with Gasteiger partial charge in [-0.2, -0.15) is 0 Å². The molecular formula is C57H68N8O9. The Morgan fingerprint density at radius 1 is 0.716 bits per heavy atom. The molecule has 1 aromatic heterocycles. The van der Waals surface area contributed by atoms with E-state index in [9.17, 15) is 33.6 Å². The van der Waals surface area contributed by atoms with Crippen LogP contribution in [0.2, 0.25) is 0 Å². The van der Waals surface area contributed by atoms with Crippen molar-refractivity contribution in [1.82, 2.24) is 31.2 Å². The molecule has 390 valence electrons. The van der Waals surface area contributed by atoms with Crippen molar-refractivity contribution < 1.29 is 43.0 Å². The Kier molecular flexibility index (Phi) is 17.3. The van der Waals surface area contributed by atoms with Gasteiger partial charge >= 0.3 is 18.1 Å². The molecule has 4 fully saturated rings. The normalized spacial score (nSPS) is 20.0. The van der Waals surface area contributed by atoms with Crippen LogP contribution < -0.4 is 32.3 Å². The van der Waals surface area contributed by atoms with Crippen molar-refractivity contribution in [1.29, 1.82) is 0 Å². The molecule has 4 aromatic carbocycles. The van der Waals surface area contributed by atoms with Gasteiger partial charge in [0, 0.05) is 49.2 Å². The molecule has 0 spiro atoms. The summed E-state index contributed by atoms with van der Waals surface area (Å²) in [7, 11) is 1.38. The molecule has 5 aromatic rings. The smallest absolute Gasteiger partial charge is 0.408 e. The molecular weight excluding hydrogens is 941 g/mol. The number of carbonyl (C=O) groups excluding carboxylic acids is 7. The number of unbranched alkanes of at least 4 members (excludes halogenated alkanes) is 1. The second-order valence-corrected chi connectivity index (χ2v) is 20.5. The van der Waals surface area contributed by atoms with Gasteiger partial charge < -0.3 is 51.7 Å². The Hall–Kier alpha value is -7.69. The lowest BCUT2D eigenvalue weighted by molar-refractivity contribution is -0.150. The summed E-state index contributed by atoms with van der Waals surface area (Å²) in [6, 6.07) is 27.2. The van der Waals surface area contributed by atoms with Crippen molar-refractivity contribution in [2.75, 3.05) is 18.9 Å². The molecule has 17 heteroatoms. The molecule has 7 amide bonds. The quantitative estimate of drug-likeness (QED) is 0.0271. The van der Waals surface area contributed by atoms with E-state index in [1.54, 1.807) is 60.8 Å². The fraction of sp³-hybridized carbons (Fsp3) is 0.421. The average molecular weight is 1010 g/mol. The van der Waals surface area contributed by atoms with Gasteiger partial charge in [0.05, 0.1) is 6.42 Å². The van der Waals surface area contributed by atoms with Crippen LogP contribution in [0.4, 0.5) is 15.3 Å². The lowest BCUT2D eigenvalue weighted by Gasteiger charge is -2.55. The van der Waals surface area contributed by atoms with Gasteiger partial charge in [-0.05, 0) is 117 Å². The number of ether oxygens (including phenoxy) is 2. The number of urea groups is 1. The highest BCUT2D eigenvalue weighted by atomic mass is 16.6. The molecule has 9 rings (SSSR count). The SMILES string of the molecule is Cc1ccccc1NC(=O)NCCCC[C@H](NC(=O)[C@H](Cc1c[nH]c2ccccc12)NC(=O)OC12CC3CC(CC(C3)C1)C2)C(=O)N[C@@H](CC(=O)OCc1ccccc1)C(=O)N(C)[C@@H](Cc1ccccc1)C(N)=O. The fourth-order valence-electron chi connectivity index (χ4n) is 11.5. The minimum atomic E-state index is -1.57. The Balaban J connectivity index is 1.03. The summed E-state index contributed by atoms with van der Waals surface area (Å²) in [6.07, 6.45) is 7.04. The van der Waals surface area contributed by atoms with E-state index < -0.39 is 77.9 Å². The number of amides is 7. The van der Waals surface area contributed by atoms with Crippen molar-refractivity contribution in [2.45, 2.75) is 120 Å². The number of aromatic nitrogens is 1.